The van der Waals surface area contributed by atoms with Gasteiger partial charge in [0, 0.05) is 11.1 Å². The predicted octanol–water partition coefficient (Wildman–Crippen LogP) is 7.46. The number of aromatic nitrogens is 2. The van der Waals surface area contributed by atoms with Crippen molar-refractivity contribution in [1.82, 2.24) is 9.97 Å². The zero-order valence-corrected chi connectivity index (χ0v) is 17.6. The second-order valence-corrected chi connectivity index (χ2v) is 8.00. The molecule has 0 saturated carbocycles. The Labute approximate surface area is 183 Å². The number of rotatable bonds is 4. The molecule has 1 aliphatic rings. The smallest absolute Gasteiger partial charge is 0.160 e. The van der Waals surface area contributed by atoms with Gasteiger partial charge in [-0.3, -0.25) is 0 Å². The van der Waals surface area contributed by atoms with Crippen molar-refractivity contribution in [3.63, 3.8) is 0 Å². The fourth-order valence-corrected chi connectivity index (χ4v) is 3.84. The van der Waals surface area contributed by atoms with Gasteiger partial charge in [0.2, 0.25) is 0 Å². The highest BCUT2D eigenvalue weighted by Gasteiger charge is 2.13. The highest BCUT2D eigenvalue weighted by Crippen LogP contribution is 2.29. The first-order valence-corrected chi connectivity index (χ1v) is 10.8. The molecule has 0 radical (unpaired) electrons. The standard InChI is InChI=1S/C29H24N2/c1-21-12-14-25(15-13-21)28-20-27(24-10-6-3-7-11-24)30-29(31-28)26-18-16-23(17-19-26)22-8-4-2-5-9-22/h2-12,14-21H,13H2,1H3. The van der Waals surface area contributed by atoms with Crippen LogP contribution in [0.15, 0.2) is 109 Å². The number of hydrogen-bond donors (Lipinski definition) is 0. The number of allylic oxidation sites excluding steroid dienone is 4. The molecule has 150 valence electrons. The molecule has 0 saturated heterocycles. The second-order valence-electron chi connectivity index (χ2n) is 8.00. The summed E-state index contributed by atoms with van der Waals surface area (Å²) in [5, 5.41) is 0. The van der Waals surface area contributed by atoms with Gasteiger partial charge in [-0.15, -0.1) is 0 Å². The molecule has 3 aromatic carbocycles. The number of nitrogens with zero attached hydrogens (tertiary/aromatic N) is 2. The summed E-state index contributed by atoms with van der Waals surface area (Å²) >= 11 is 0. The van der Waals surface area contributed by atoms with Gasteiger partial charge in [-0.2, -0.15) is 0 Å². The van der Waals surface area contributed by atoms with Crippen LogP contribution in [0.3, 0.4) is 0 Å². The van der Waals surface area contributed by atoms with Gasteiger partial charge in [0.1, 0.15) is 0 Å². The highest BCUT2D eigenvalue weighted by atomic mass is 14.9. The largest absolute Gasteiger partial charge is 0.228 e. The minimum Gasteiger partial charge on any atom is -0.228 e. The van der Waals surface area contributed by atoms with Crippen LogP contribution in [-0.2, 0) is 0 Å². The monoisotopic (exact) mass is 400 g/mol. The maximum atomic E-state index is 4.95. The van der Waals surface area contributed by atoms with E-state index in [1.807, 2.05) is 24.3 Å². The molecule has 4 aromatic rings. The Hall–Kier alpha value is -3.78. The van der Waals surface area contributed by atoms with Crippen LogP contribution in [0.1, 0.15) is 19.0 Å². The maximum absolute atomic E-state index is 4.95. The van der Waals surface area contributed by atoms with Gasteiger partial charge in [0.25, 0.3) is 0 Å². The molecule has 0 aliphatic heterocycles. The van der Waals surface area contributed by atoms with Crippen molar-refractivity contribution in [3.05, 3.63) is 115 Å². The lowest BCUT2D eigenvalue weighted by atomic mass is 9.96. The Morgan fingerprint density at radius 1 is 0.645 bits per heavy atom. The van der Waals surface area contributed by atoms with Crippen LogP contribution in [-0.4, -0.2) is 9.97 Å². The Balaban J connectivity index is 1.58. The molecule has 1 heterocycles. The molecule has 0 N–H and O–H groups in total. The van der Waals surface area contributed by atoms with Gasteiger partial charge < -0.3 is 0 Å². The maximum Gasteiger partial charge on any atom is 0.160 e. The Bertz CT molecular complexity index is 1240. The first kappa shape index (κ1) is 19.2. The quantitative estimate of drug-likeness (QED) is 0.355. The van der Waals surface area contributed by atoms with Gasteiger partial charge in [0.05, 0.1) is 11.4 Å². The van der Waals surface area contributed by atoms with Crippen LogP contribution in [0, 0.1) is 5.92 Å². The van der Waals surface area contributed by atoms with E-state index >= 15 is 0 Å². The summed E-state index contributed by atoms with van der Waals surface area (Å²) in [5.41, 5.74) is 7.60. The molecule has 2 nitrogen and oxygen atoms in total. The summed E-state index contributed by atoms with van der Waals surface area (Å²) in [5.74, 6) is 1.33. The van der Waals surface area contributed by atoms with Crippen molar-refractivity contribution in [2.24, 2.45) is 5.92 Å². The summed E-state index contributed by atoms with van der Waals surface area (Å²) < 4.78 is 0. The average molecular weight is 401 g/mol. The summed E-state index contributed by atoms with van der Waals surface area (Å²) in [4.78, 5) is 9.87. The van der Waals surface area contributed by atoms with E-state index in [0.29, 0.717) is 5.92 Å². The van der Waals surface area contributed by atoms with Crippen LogP contribution in [0.25, 0.3) is 39.3 Å². The van der Waals surface area contributed by atoms with Crippen LogP contribution in [0.5, 0.6) is 0 Å². The van der Waals surface area contributed by atoms with Gasteiger partial charge in [-0.1, -0.05) is 110 Å². The van der Waals surface area contributed by atoms with E-state index in [9.17, 15) is 0 Å². The van der Waals surface area contributed by atoms with Crippen molar-refractivity contribution in [2.75, 3.05) is 0 Å². The molecule has 1 aromatic heterocycles. The summed E-state index contributed by atoms with van der Waals surface area (Å²) in [6, 6.07) is 31.4. The normalized spacial score (nSPS) is 15.5. The molecule has 0 fully saturated rings. The molecule has 0 bridgehead atoms. The molecule has 0 amide bonds. The first-order valence-electron chi connectivity index (χ1n) is 10.8. The van der Waals surface area contributed by atoms with E-state index < -0.39 is 0 Å². The molecule has 5 rings (SSSR count). The van der Waals surface area contributed by atoms with Crippen molar-refractivity contribution < 1.29 is 0 Å². The van der Waals surface area contributed by atoms with Crippen LogP contribution >= 0.6 is 0 Å². The lowest BCUT2D eigenvalue weighted by Gasteiger charge is -2.14. The fraction of sp³-hybridized carbons (Fsp3) is 0.103. The highest BCUT2D eigenvalue weighted by molar-refractivity contribution is 5.77. The topological polar surface area (TPSA) is 25.8 Å². The third kappa shape index (κ3) is 4.24. The molecular weight excluding hydrogens is 376 g/mol. The Morgan fingerprint density at radius 3 is 1.87 bits per heavy atom. The second kappa shape index (κ2) is 8.53. The molecular formula is C29H24N2. The van der Waals surface area contributed by atoms with Crippen molar-refractivity contribution in [3.8, 4) is 33.8 Å². The van der Waals surface area contributed by atoms with E-state index in [4.69, 9.17) is 9.97 Å². The van der Waals surface area contributed by atoms with Crippen LogP contribution in [0.2, 0.25) is 0 Å². The molecule has 2 heteroatoms. The van der Waals surface area contributed by atoms with Gasteiger partial charge >= 0.3 is 0 Å². The number of hydrogen-bond acceptors (Lipinski definition) is 2. The van der Waals surface area contributed by atoms with E-state index in [-0.39, 0.29) is 0 Å². The molecule has 1 atom stereocenters. The predicted molar refractivity (Wildman–Crippen MR) is 129 cm³/mol. The Morgan fingerprint density at radius 2 is 1.23 bits per heavy atom. The number of benzene rings is 3. The molecule has 1 unspecified atom stereocenters. The van der Waals surface area contributed by atoms with Gasteiger partial charge in [-0.25, -0.2) is 9.97 Å². The van der Waals surface area contributed by atoms with Crippen LogP contribution in [0.4, 0.5) is 0 Å². The molecule has 1 aliphatic carbocycles. The molecule has 31 heavy (non-hydrogen) atoms. The third-order valence-electron chi connectivity index (χ3n) is 5.66. The SMILES string of the molecule is CC1C=CC(c2cc(-c3ccccc3)nc(-c3ccc(-c4ccccc4)cc3)n2)=CC1. The average Bonchev–Trinajstić information content (AvgIpc) is 2.85. The lowest BCUT2D eigenvalue weighted by molar-refractivity contribution is 0.738. The van der Waals surface area contributed by atoms with Gasteiger partial charge in [-0.05, 0) is 35.1 Å². The van der Waals surface area contributed by atoms with E-state index in [0.717, 1.165) is 34.8 Å². The summed E-state index contributed by atoms with van der Waals surface area (Å²) in [6.45, 7) is 2.23. The minimum absolute atomic E-state index is 0.573. The third-order valence-corrected chi connectivity index (χ3v) is 5.66. The minimum atomic E-state index is 0.573. The Kier molecular flexibility index (Phi) is 5.28. The van der Waals surface area contributed by atoms with Crippen molar-refractivity contribution >= 4 is 5.57 Å². The fourth-order valence-electron chi connectivity index (χ4n) is 3.84. The van der Waals surface area contributed by atoms with E-state index in [1.165, 1.54) is 16.7 Å². The van der Waals surface area contributed by atoms with E-state index in [2.05, 4.69) is 91.9 Å². The molecule has 0 spiro atoms. The zero-order valence-electron chi connectivity index (χ0n) is 17.6. The van der Waals surface area contributed by atoms with Crippen molar-refractivity contribution in [2.45, 2.75) is 13.3 Å². The zero-order chi connectivity index (χ0) is 21.0. The van der Waals surface area contributed by atoms with Crippen LogP contribution < -0.4 is 0 Å². The lowest BCUT2D eigenvalue weighted by Crippen LogP contribution is -2.00. The first-order chi connectivity index (χ1) is 15.3. The van der Waals surface area contributed by atoms with E-state index in [1.54, 1.807) is 0 Å². The summed E-state index contributed by atoms with van der Waals surface area (Å²) in [7, 11) is 0. The summed E-state index contributed by atoms with van der Waals surface area (Å²) in [6.07, 6.45) is 7.77. The van der Waals surface area contributed by atoms with Gasteiger partial charge in [0.15, 0.2) is 5.82 Å². The van der Waals surface area contributed by atoms with Crippen molar-refractivity contribution in [1.29, 1.82) is 0 Å².